The van der Waals surface area contributed by atoms with E-state index in [1.165, 1.54) is 6.07 Å². The lowest BCUT2D eigenvalue weighted by molar-refractivity contribution is -0.479. The molecule has 4 heteroatoms. The SMILES string of the molecule is O=[N+]([O-])CCc1ccccc1F. The van der Waals surface area contributed by atoms with Crippen molar-refractivity contribution in [1.29, 1.82) is 0 Å². The monoisotopic (exact) mass is 169 g/mol. The molecular formula is C8H8FNO2. The number of nitrogens with zero attached hydrogens (tertiary/aromatic N) is 1. The van der Waals surface area contributed by atoms with Gasteiger partial charge < -0.3 is 0 Å². The summed E-state index contributed by atoms with van der Waals surface area (Å²) in [5, 5.41) is 9.97. The summed E-state index contributed by atoms with van der Waals surface area (Å²) in [7, 11) is 0. The Hall–Kier alpha value is -1.45. The summed E-state index contributed by atoms with van der Waals surface area (Å²) in [5.74, 6) is -0.376. The van der Waals surface area contributed by atoms with E-state index in [4.69, 9.17) is 0 Å². The van der Waals surface area contributed by atoms with Crippen molar-refractivity contribution in [3.05, 3.63) is 45.8 Å². The molecule has 0 atom stereocenters. The molecule has 0 heterocycles. The van der Waals surface area contributed by atoms with E-state index in [-0.39, 0.29) is 18.8 Å². The van der Waals surface area contributed by atoms with Gasteiger partial charge in [-0.15, -0.1) is 0 Å². The van der Waals surface area contributed by atoms with Gasteiger partial charge in [0.1, 0.15) is 5.82 Å². The molecule has 64 valence electrons. The molecule has 0 aromatic heterocycles. The first-order valence-electron chi connectivity index (χ1n) is 3.55. The third-order valence-electron chi connectivity index (χ3n) is 1.52. The molecule has 0 saturated heterocycles. The Morgan fingerprint density at radius 3 is 2.67 bits per heavy atom. The second-order valence-corrected chi connectivity index (χ2v) is 2.40. The minimum atomic E-state index is -0.452. The average molecular weight is 169 g/mol. The van der Waals surface area contributed by atoms with Gasteiger partial charge >= 0.3 is 0 Å². The van der Waals surface area contributed by atoms with Gasteiger partial charge in [0.2, 0.25) is 6.54 Å². The highest BCUT2D eigenvalue weighted by atomic mass is 19.1. The molecule has 0 N–H and O–H groups in total. The number of halogens is 1. The van der Waals surface area contributed by atoms with E-state index in [0.29, 0.717) is 5.56 Å². The van der Waals surface area contributed by atoms with E-state index < -0.39 is 4.92 Å². The van der Waals surface area contributed by atoms with Gasteiger partial charge in [-0.1, -0.05) is 18.2 Å². The predicted molar refractivity (Wildman–Crippen MR) is 42.0 cm³/mol. The number of nitro groups is 1. The van der Waals surface area contributed by atoms with Crippen molar-refractivity contribution >= 4 is 0 Å². The molecule has 0 aliphatic rings. The average Bonchev–Trinajstić information content (AvgIpc) is 2.03. The minimum Gasteiger partial charge on any atom is -0.265 e. The van der Waals surface area contributed by atoms with Crippen molar-refractivity contribution in [3.8, 4) is 0 Å². The largest absolute Gasteiger partial charge is 0.265 e. The van der Waals surface area contributed by atoms with Crippen LogP contribution in [0, 0.1) is 15.9 Å². The summed E-state index contributed by atoms with van der Waals surface area (Å²) in [4.78, 5) is 9.52. The molecule has 1 rings (SSSR count). The van der Waals surface area contributed by atoms with E-state index in [0.717, 1.165) is 0 Å². The van der Waals surface area contributed by atoms with Gasteiger partial charge in [-0.05, 0) is 11.6 Å². The maximum absolute atomic E-state index is 12.8. The Kier molecular flexibility index (Phi) is 2.74. The van der Waals surface area contributed by atoms with Crippen molar-refractivity contribution in [2.75, 3.05) is 6.54 Å². The second kappa shape index (κ2) is 3.80. The zero-order valence-electron chi connectivity index (χ0n) is 6.37. The minimum absolute atomic E-state index is 0.152. The predicted octanol–water partition coefficient (Wildman–Crippen LogP) is 1.64. The van der Waals surface area contributed by atoms with Gasteiger partial charge in [-0.25, -0.2) is 4.39 Å². The van der Waals surface area contributed by atoms with E-state index in [1.54, 1.807) is 18.2 Å². The summed E-state index contributed by atoms with van der Waals surface area (Å²) < 4.78 is 12.8. The Morgan fingerprint density at radius 2 is 2.08 bits per heavy atom. The maximum atomic E-state index is 12.8. The van der Waals surface area contributed by atoms with Crippen molar-refractivity contribution in [1.82, 2.24) is 0 Å². The van der Waals surface area contributed by atoms with E-state index in [2.05, 4.69) is 0 Å². The Balaban J connectivity index is 2.63. The first-order chi connectivity index (χ1) is 5.70. The lowest BCUT2D eigenvalue weighted by Crippen LogP contribution is -2.05. The topological polar surface area (TPSA) is 43.1 Å². The summed E-state index contributed by atoms with van der Waals surface area (Å²) in [6, 6.07) is 6.08. The molecule has 0 radical (unpaired) electrons. The molecule has 0 bridgehead atoms. The zero-order valence-corrected chi connectivity index (χ0v) is 6.37. The van der Waals surface area contributed by atoms with Crippen molar-refractivity contribution in [3.63, 3.8) is 0 Å². The van der Waals surface area contributed by atoms with Gasteiger partial charge in [0.25, 0.3) is 0 Å². The highest BCUT2D eigenvalue weighted by Crippen LogP contribution is 2.06. The van der Waals surface area contributed by atoms with Crippen molar-refractivity contribution in [2.24, 2.45) is 0 Å². The lowest BCUT2D eigenvalue weighted by atomic mass is 10.1. The second-order valence-electron chi connectivity index (χ2n) is 2.40. The molecule has 1 aromatic rings. The van der Waals surface area contributed by atoms with Crippen LogP contribution in [0.25, 0.3) is 0 Å². The van der Waals surface area contributed by atoms with Crippen LogP contribution in [0.1, 0.15) is 5.56 Å². The lowest BCUT2D eigenvalue weighted by Gasteiger charge is -1.97. The van der Waals surface area contributed by atoms with Crippen molar-refractivity contribution in [2.45, 2.75) is 6.42 Å². The fourth-order valence-corrected chi connectivity index (χ4v) is 0.913. The number of hydrogen-bond acceptors (Lipinski definition) is 2. The van der Waals surface area contributed by atoms with Crippen LogP contribution in [-0.4, -0.2) is 11.5 Å². The summed E-state index contributed by atoms with van der Waals surface area (Å²) >= 11 is 0. The molecule has 12 heavy (non-hydrogen) atoms. The molecular weight excluding hydrogens is 161 g/mol. The van der Waals surface area contributed by atoms with E-state index >= 15 is 0 Å². The van der Waals surface area contributed by atoms with Crippen LogP contribution in [0.4, 0.5) is 4.39 Å². The molecule has 0 saturated carbocycles. The van der Waals surface area contributed by atoms with Crippen LogP contribution in [0.2, 0.25) is 0 Å². The van der Waals surface area contributed by atoms with Crippen LogP contribution in [0.5, 0.6) is 0 Å². The Morgan fingerprint density at radius 1 is 1.42 bits per heavy atom. The third kappa shape index (κ3) is 2.30. The molecule has 0 aliphatic carbocycles. The van der Waals surface area contributed by atoms with Gasteiger partial charge in [0, 0.05) is 11.3 Å². The molecule has 0 unspecified atom stereocenters. The number of rotatable bonds is 3. The highest BCUT2D eigenvalue weighted by molar-refractivity contribution is 5.17. The smallest absolute Gasteiger partial charge is 0.208 e. The van der Waals surface area contributed by atoms with Crippen LogP contribution >= 0.6 is 0 Å². The van der Waals surface area contributed by atoms with Gasteiger partial charge in [-0.2, -0.15) is 0 Å². The van der Waals surface area contributed by atoms with E-state index in [9.17, 15) is 14.5 Å². The summed E-state index contributed by atoms with van der Waals surface area (Å²) in [6.07, 6.45) is 0.152. The quantitative estimate of drug-likeness (QED) is 0.510. The fourth-order valence-electron chi connectivity index (χ4n) is 0.913. The molecule has 0 spiro atoms. The van der Waals surface area contributed by atoms with Crippen LogP contribution < -0.4 is 0 Å². The molecule has 0 aliphatic heterocycles. The standard InChI is InChI=1S/C8H8FNO2/c9-8-4-2-1-3-7(8)5-6-10(11)12/h1-4H,5-6H2. The Bertz CT molecular complexity index is 288. The third-order valence-corrected chi connectivity index (χ3v) is 1.52. The van der Waals surface area contributed by atoms with Gasteiger partial charge in [0.05, 0.1) is 0 Å². The van der Waals surface area contributed by atoms with Crippen LogP contribution in [0.3, 0.4) is 0 Å². The number of benzene rings is 1. The fraction of sp³-hybridized carbons (Fsp3) is 0.250. The van der Waals surface area contributed by atoms with Crippen LogP contribution in [0.15, 0.2) is 24.3 Å². The summed E-state index contributed by atoms with van der Waals surface area (Å²) in [6.45, 7) is -0.221. The molecule has 1 aromatic carbocycles. The first-order valence-corrected chi connectivity index (χ1v) is 3.55. The normalized spacial score (nSPS) is 9.75. The Labute approximate surface area is 69.0 Å². The zero-order chi connectivity index (χ0) is 8.97. The summed E-state index contributed by atoms with van der Waals surface area (Å²) in [5.41, 5.74) is 0.397. The molecule has 0 fully saturated rings. The van der Waals surface area contributed by atoms with Gasteiger partial charge in [0.15, 0.2) is 0 Å². The van der Waals surface area contributed by atoms with Crippen molar-refractivity contribution < 1.29 is 9.31 Å². The highest BCUT2D eigenvalue weighted by Gasteiger charge is 2.03. The van der Waals surface area contributed by atoms with Crippen LogP contribution in [-0.2, 0) is 6.42 Å². The molecule has 0 amide bonds. The van der Waals surface area contributed by atoms with Gasteiger partial charge in [-0.3, -0.25) is 10.1 Å². The maximum Gasteiger partial charge on any atom is 0.208 e. The van der Waals surface area contributed by atoms with E-state index in [1.807, 2.05) is 0 Å². The number of hydrogen-bond donors (Lipinski definition) is 0. The molecule has 3 nitrogen and oxygen atoms in total. The first kappa shape index (κ1) is 8.64.